The van der Waals surface area contributed by atoms with Crippen molar-refractivity contribution < 1.29 is 19.1 Å². The molecule has 0 aliphatic carbocycles. The van der Waals surface area contributed by atoms with E-state index < -0.39 is 12.1 Å². The summed E-state index contributed by atoms with van der Waals surface area (Å²) in [6.07, 6.45) is 1.64. The number of hydrogen-bond donors (Lipinski definition) is 2. The number of ether oxygens (including phenoxy) is 1. The molecule has 0 aromatic heterocycles. The number of carbonyl (C=O) groups is 3. The number of aryl methyl sites for hydroxylation is 1. The zero-order valence-electron chi connectivity index (χ0n) is 12.3. The molecule has 2 amide bonds. The summed E-state index contributed by atoms with van der Waals surface area (Å²) in [5.41, 5.74) is 1.96. The van der Waals surface area contributed by atoms with Crippen LogP contribution in [0.25, 0.3) is 0 Å². The molecule has 22 heavy (non-hydrogen) atoms. The van der Waals surface area contributed by atoms with Crippen molar-refractivity contribution in [2.45, 2.75) is 25.9 Å². The maximum absolute atomic E-state index is 12.1. The Hall–Kier alpha value is -2.63. The van der Waals surface area contributed by atoms with Crippen LogP contribution in [0.2, 0.25) is 0 Å². The van der Waals surface area contributed by atoms with Crippen LogP contribution < -0.4 is 10.6 Å². The van der Waals surface area contributed by atoms with E-state index in [1.165, 1.54) is 6.92 Å². The van der Waals surface area contributed by atoms with Crippen molar-refractivity contribution in [1.29, 1.82) is 0 Å². The first kappa shape index (κ1) is 15.8. The third kappa shape index (κ3) is 3.72. The number of esters is 1. The third-order valence-electron chi connectivity index (χ3n) is 3.31. The van der Waals surface area contributed by atoms with E-state index in [9.17, 15) is 14.4 Å². The maximum atomic E-state index is 12.1. The Morgan fingerprint density at radius 1 is 1.45 bits per heavy atom. The van der Waals surface area contributed by atoms with E-state index in [1.54, 1.807) is 24.3 Å². The zero-order valence-corrected chi connectivity index (χ0v) is 12.3. The van der Waals surface area contributed by atoms with E-state index in [4.69, 9.17) is 4.74 Å². The Balaban J connectivity index is 2.02. The first-order chi connectivity index (χ1) is 10.5. The first-order valence-electron chi connectivity index (χ1n) is 7.03. The Morgan fingerprint density at radius 3 is 2.95 bits per heavy atom. The predicted octanol–water partition coefficient (Wildman–Crippen LogP) is 1.42. The van der Waals surface area contributed by atoms with Crippen molar-refractivity contribution in [1.82, 2.24) is 5.32 Å². The van der Waals surface area contributed by atoms with Crippen LogP contribution in [0.5, 0.6) is 0 Å². The molecule has 0 spiro atoms. The minimum atomic E-state index is -0.886. The molecule has 1 heterocycles. The van der Waals surface area contributed by atoms with Gasteiger partial charge in [-0.1, -0.05) is 6.08 Å². The van der Waals surface area contributed by atoms with E-state index in [0.29, 0.717) is 30.6 Å². The van der Waals surface area contributed by atoms with E-state index in [0.717, 1.165) is 5.56 Å². The van der Waals surface area contributed by atoms with Gasteiger partial charge in [0.25, 0.3) is 5.91 Å². The molecule has 1 atom stereocenters. The quantitative estimate of drug-likeness (QED) is 0.636. The smallest absolute Gasteiger partial charge is 0.338 e. The lowest BCUT2D eigenvalue weighted by molar-refractivity contribution is -0.128. The molecule has 6 nitrogen and oxygen atoms in total. The van der Waals surface area contributed by atoms with Crippen molar-refractivity contribution in [3.8, 4) is 0 Å². The molecule has 0 saturated heterocycles. The van der Waals surface area contributed by atoms with Gasteiger partial charge in [0, 0.05) is 18.7 Å². The van der Waals surface area contributed by atoms with Crippen LogP contribution in [0.15, 0.2) is 30.9 Å². The van der Waals surface area contributed by atoms with Gasteiger partial charge in [0.1, 0.15) is 0 Å². The number of nitrogens with one attached hydrogen (secondary N) is 2. The fourth-order valence-corrected chi connectivity index (χ4v) is 2.11. The highest BCUT2D eigenvalue weighted by Gasteiger charge is 2.20. The summed E-state index contributed by atoms with van der Waals surface area (Å²) in [4.78, 5) is 35.0. The number of benzene rings is 1. The molecule has 0 bridgehead atoms. The van der Waals surface area contributed by atoms with Crippen LogP contribution in [0.3, 0.4) is 0 Å². The predicted molar refractivity (Wildman–Crippen MR) is 81.5 cm³/mol. The van der Waals surface area contributed by atoms with Gasteiger partial charge in [-0.25, -0.2) is 4.79 Å². The summed E-state index contributed by atoms with van der Waals surface area (Å²) in [6, 6.07) is 4.93. The Morgan fingerprint density at radius 2 is 2.23 bits per heavy atom. The lowest BCUT2D eigenvalue weighted by Crippen LogP contribution is -2.35. The summed E-state index contributed by atoms with van der Waals surface area (Å²) in [6.45, 7) is 5.32. The zero-order chi connectivity index (χ0) is 16.1. The van der Waals surface area contributed by atoms with Crippen molar-refractivity contribution in [2.75, 3.05) is 11.9 Å². The lowest BCUT2D eigenvalue weighted by Gasteiger charge is -2.18. The summed E-state index contributed by atoms with van der Waals surface area (Å²) >= 11 is 0. The third-order valence-corrected chi connectivity index (χ3v) is 3.31. The summed E-state index contributed by atoms with van der Waals surface area (Å²) in [7, 11) is 0. The summed E-state index contributed by atoms with van der Waals surface area (Å²) < 4.78 is 5.13. The van der Waals surface area contributed by atoms with Crippen molar-refractivity contribution >= 4 is 23.5 Å². The van der Waals surface area contributed by atoms with Gasteiger partial charge in [-0.15, -0.1) is 6.58 Å². The van der Waals surface area contributed by atoms with Gasteiger partial charge < -0.3 is 15.4 Å². The Kier molecular flexibility index (Phi) is 4.93. The molecular formula is C16H18N2O4. The second kappa shape index (κ2) is 6.89. The Bertz CT molecular complexity index is 625. The second-order valence-corrected chi connectivity index (χ2v) is 5.00. The SMILES string of the molecule is C=CCNC(=O)C(C)OC(=O)c1ccc2c(c1)CCC(=O)N2. The van der Waals surface area contributed by atoms with E-state index in [-0.39, 0.29) is 11.8 Å². The van der Waals surface area contributed by atoms with Gasteiger partial charge in [-0.05, 0) is 37.1 Å². The number of anilines is 1. The number of hydrogen-bond acceptors (Lipinski definition) is 4. The highest BCUT2D eigenvalue weighted by atomic mass is 16.5. The second-order valence-electron chi connectivity index (χ2n) is 5.00. The van der Waals surface area contributed by atoms with Crippen LogP contribution in [0.4, 0.5) is 5.69 Å². The van der Waals surface area contributed by atoms with Gasteiger partial charge in [0.15, 0.2) is 6.10 Å². The summed E-state index contributed by atoms with van der Waals surface area (Å²) in [5, 5.41) is 5.31. The molecule has 6 heteroatoms. The van der Waals surface area contributed by atoms with Crippen LogP contribution in [0.1, 0.15) is 29.3 Å². The van der Waals surface area contributed by atoms with Crippen LogP contribution in [-0.2, 0) is 20.7 Å². The van der Waals surface area contributed by atoms with Crippen molar-refractivity contribution in [2.24, 2.45) is 0 Å². The summed E-state index contributed by atoms with van der Waals surface area (Å²) in [5.74, 6) is -0.977. The highest BCUT2D eigenvalue weighted by molar-refractivity contribution is 5.96. The van der Waals surface area contributed by atoms with Gasteiger partial charge in [0.2, 0.25) is 5.91 Å². The monoisotopic (exact) mass is 302 g/mol. The number of fused-ring (bicyclic) bond motifs is 1. The molecule has 1 aromatic rings. The molecule has 2 N–H and O–H groups in total. The number of rotatable bonds is 5. The molecule has 1 aliphatic rings. The molecule has 0 fully saturated rings. The van der Waals surface area contributed by atoms with Crippen molar-refractivity contribution in [3.63, 3.8) is 0 Å². The minimum absolute atomic E-state index is 0.0321. The van der Waals surface area contributed by atoms with Crippen LogP contribution in [0, 0.1) is 0 Å². The lowest BCUT2D eigenvalue weighted by atomic mass is 10.0. The topological polar surface area (TPSA) is 84.5 Å². The van der Waals surface area contributed by atoms with E-state index in [1.807, 2.05) is 0 Å². The normalized spacial score (nSPS) is 14.3. The van der Waals surface area contributed by atoms with Gasteiger partial charge >= 0.3 is 5.97 Å². The molecule has 0 radical (unpaired) electrons. The van der Waals surface area contributed by atoms with Crippen LogP contribution in [-0.4, -0.2) is 30.4 Å². The fourth-order valence-electron chi connectivity index (χ4n) is 2.11. The number of carbonyl (C=O) groups excluding carboxylic acids is 3. The largest absolute Gasteiger partial charge is 0.449 e. The van der Waals surface area contributed by atoms with Crippen molar-refractivity contribution in [3.05, 3.63) is 42.0 Å². The fraction of sp³-hybridized carbons (Fsp3) is 0.312. The molecule has 0 saturated carbocycles. The number of amides is 2. The molecular weight excluding hydrogens is 284 g/mol. The average molecular weight is 302 g/mol. The standard InChI is InChI=1S/C16H18N2O4/c1-3-8-17-15(20)10(2)22-16(21)12-4-6-13-11(9-12)5-7-14(19)18-13/h3-4,6,9-10H,1,5,7-8H2,2H3,(H,17,20)(H,18,19). The van der Waals surface area contributed by atoms with Crippen LogP contribution >= 0.6 is 0 Å². The van der Waals surface area contributed by atoms with E-state index in [2.05, 4.69) is 17.2 Å². The van der Waals surface area contributed by atoms with Gasteiger partial charge in [-0.3, -0.25) is 9.59 Å². The molecule has 1 aromatic carbocycles. The molecule has 1 aliphatic heterocycles. The average Bonchev–Trinajstić information content (AvgIpc) is 2.51. The van der Waals surface area contributed by atoms with Gasteiger partial charge in [0.05, 0.1) is 5.56 Å². The molecule has 116 valence electrons. The molecule has 1 unspecified atom stereocenters. The first-order valence-corrected chi connectivity index (χ1v) is 7.03. The maximum Gasteiger partial charge on any atom is 0.338 e. The molecule has 2 rings (SSSR count). The van der Waals surface area contributed by atoms with E-state index >= 15 is 0 Å². The minimum Gasteiger partial charge on any atom is -0.449 e. The van der Waals surface area contributed by atoms with Gasteiger partial charge in [-0.2, -0.15) is 0 Å². The highest BCUT2D eigenvalue weighted by Crippen LogP contribution is 2.24. The Labute approximate surface area is 128 Å².